The summed E-state index contributed by atoms with van der Waals surface area (Å²) in [6.45, 7) is 5.21. The van der Waals surface area contributed by atoms with Crippen molar-refractivity contribution >= 4 is 21.8 Å². The van der Waals surface area contributed by atoms with Crippen molar-refractivity contribution in [1.82, 2.24) is 18.8 Å². The highest BCUT2D eigenvalue weighted by Gasteiger charge is 2.29. The molecule has 3 heterocycles. The first-order valence-corrected chi connectivity index (χ1v) is 9.47. The van der Waals surface area contributed by atoms with Crippen molar-refractivity contribution < 1.29 is 13.2 Å². The van der Waals surface area contributed by atoms with Gasteiger partial charge in [-0.25, -0.2) is 0 Å². The lowest BCUT2D eigenvalue weighted by Gasteiger charge is -2.35. The number of nitrogens with zero attached hydrogens (tertiary/aromatic N) is 6. The van der Waals surface area contributed by atoms with Gasteiger partial charge in [-0.1, -0.05) is 0 Å². The third kappa shape index (κ3) is 3.61. The fraction of sp³-hybridized carbons (Fsp3) is 0.714. The lowest BCUT2D eigenvalue weighted by atomic mass is 10.3. The summed E-state index contributed by atoms with van der Waals surface area (Å²) in [5.41, 5.74) is 0. The van der Waals surface area contributed by atoms with Gasteiger partial charge in [0.25, 0.3) is 10.2 Å². The van der Waals surface area contributed by atoms with Crippen LogP contribution in [0.15, 0.2) is 12.1 Å². The molecule has 0 radical (unpaired) electrons. The van der Waals surface area contributed by atoms with Crippen LogP contribution in [0.1, 0.15) is 0 Å². The van der Waals surface area contributed by atoms with Gasteiger partial charge in [-0.3, -0.25) is 0 Å². The van der Waals surface area contributed by atoms with Gasteiger partial charge in [0, 0.05) is 53.4 Å². The molecule has 134 valence electrons. The van der Waals surface area contributed by atoms with Crippen LogP contribution in [-0.4, -0.2) is 93.8 Å². The molecule has 2 saturated heterocycles. The maximum atomic E-state index is 12.1. The molecule has 0 saturated carbocycles. The van der Waals surface area contributed by atoms with Gasteiger partial charge < -0.3 is 14.5 Å². The number of hydrogen-bond donors (Lipinski definition) is 0. The smallest absolute Gasteiger partial charge is 0.281 e. The molecular formula is C14H24N6O3S. The Hall–Kier alpha value is -1.49. The summed E-state index contributed by atoms with van der Waals surface area (Å²) < 4.78 is 32.4. The molecule has 0 aliphatic carbocycles. The fourth-order valence-corrected chi connectivity index (χ4v) is 3.91. The molecule has 9 nitrogen and oxygen atoms in total. The molecule has 2 aliphatic rings. The second-order valence-electron chi connectivity index (χ2n) is 6.03. The first kappa shape index (κ1) is 17.3. The Labute approximate surface area is 143 Å². The highest BCUT2D eigenvalue weighted by atomic mass is 32.2. The number of rotatable bonds is 4. The minimum atomic E-state index is -3.34. The zero-order valence-corrected chi connectivity index (χ0v) is 14.9. The van der Waals surface area contributed by atoms with Gasteiger partial charge in [0.1, 0.15) is 0 Å². The van der Waals surface area contributed by atoms with Crippen molar-refractivity contribution in [3.05, 3.63) is 12.1 Å². The molecule has 2 aliphatic heterocycles. The van der Waals surface area contributed by atoms with E-state index in [0.29, 0.717) is 39.4 Å². The molecule has 0 spiro atoms. The van der Waals surface area contributed by atoms with Crippen molar-refractivity contribution in [2.75, 3.05) is 76.4 Å². The first-order valence-electron chi connectivity index (χ1n) is 8.07. The van der Waals surface area contributed by atoms with Crippen molar-refractivity contribution in [2.45, 2.75) is 0 Å². The van der Waals surface area contributed by atoms with Crippen molar-refractivity contribution in [1.29, 1.82) is 0 Å². The van der Waals surface area contributed by atoms with E-state index in [1.54, 1.807) is 14.1 Å². The Balaban J connectivity index is 1.60. The number of morpholine rings is 1. The van der Waals surface area contributed by atoms with E-state index in [1.807, 2.05) is 12.1 Å². The maximum absolute atomic E-state index is 12.1. The Morgan fingerprint density at radius 1 is 0.917 bits per heavy atom. The lowest BCUT2D eigenvalue weighted by molar-refractivity contribution is 0.122. The molecule has 10 heteroatoms. The predicted octanol–water partition coefficient (Wildman–Crippen LogP) is -0.758. The molecule has 0 amide bonds. The molecule has 0 bridgehead atoms. The van der Waals surface area contributed by atoms with Crippen molar-refractivity contribution in [3.8, 4) is 0 Å². The summed E-state index contributed by atoms with van der Waals surface area (Å²) >= 11 is 0. The third-order valence-electron chi connectivity index (χ3n) is 4.32. The van der Waals surface area contributed by atoms with Crippen molar-refractivity contribution in [2.24, 2.45) is 0 Å². The first-order chi connectivity index (χ1) is 11.5. The minimum absolute atomic E-state index is 0.452. The highest BCUT2D eigenvalue weighted by Crippen LogP contribution is 2.18. The summed E-state index contributed by atoms with van der Waals surface area (Å²) in [6, 6.07) is 3.92. The van der Waals surface area contributed by atoms with E-state index in [2.05, 4.69) is 20.0 Å². The van der Waals surface area contributed by atoms with Crippen LogP contribution in [-0.2, 0) is 14.9 Å². The van der Waals surface area contributed by atoms with Gasteiger partial charge in [0.2, 0.25) is 0 Å². The van der Waals surface area contributed by atoms with Crippen LogP contribution >= 0.6 is 0 Å². The molecule has 1 aromatic heterocycles. The molecule has 2 fully saturated rings. The van der Waals surface area contributed by atoms with Crippen LogP contribution in [0.25, 0.3) is 0 Å². The summed E-state index contributed by atoms with van der Waals surface area (Å²) in [6.07, 6.45) is 0. The largest absolute Gasteiger partial charge is 0.378 e. The molecular weight excluding hydrogens is 332 g/mol. The molecule has 0 unspecified atom stereocenters. The average Bonchev–Trinajstić information content (AvgIpc) is 2.62. The number of anilines is 2. The second-order valence-corrected chi connectivity index (χ2v) is 8.17. The molecule has 1 aromatic rings. The standard InChI is InChI=1S/C14H24N6O3S/c1-17(2)24(21,22)20-7-5-18(6-8-20)13-3-4-14(16-15-13)19-9-11-23-12-10-19/h3-4H,5-12H2,1-2H3. The van der Waals surface area contributed by atoms with Gasteiger partial charge in [-0.15, -0.1) is 10.2 Å². The highest BCUT2D eigenvalue weighted by molar-refractivity contribution is 7.86. The SMILES string of the molecule is CN(C)S(=O)(=O)N1CCN(c2ccc(N3CCOCC3)nn2)CC1. The van der Waals surface area contributed by atoms with E-state index < -0.39 is 10.2 Å². The summed E-state index contributed by atoms with van der Waals surface area (Å²) in [5.74, 6) is 1.64. The Morgan fingerprint density at radius 2 is 1.42 bits per heavy atom. The Kier molecular flexibility index (Phi) is 5.18. The van der Waals surface area contributed by atoms with Gasteiger partial charge in [-0.2, -0.15) is 17.0 Å². The Morgan fingerprint density at radius 3 is 1.88 bits per heavy atom. The van der Waals surface area contributed by atoms with Crippen LogP contribution in [0.4, 0.5) is 11.6 Å². The van der Waals surface area contributed by atoms with E-state index in [0.717, 1.165) is 24.7 Å². The van der Waals surface area contributed by atoms with Gasteiger partial charge in [0.05, 0.1) is 13.2 Å². The normalized spacial score (nSPS) is 20.6. The zero-order valence-electron chi connectivity index (χ0n) is 14.1. The summed E-state index contributed by atoms with van der Waals surface area (Å²) in [7, 11) is -0.235. The van der Waals surface area contributed by atoms with Gasteiger partial charge in [-0.05, 0) is 12.1 Å². The molecule has 3 rings (SSSR count). The molecule has 24 heavy (non-hydrogen) atoms. The second kappa shape index (κ2) is 7.18. The number of ether oxygens (including phenoxy) is 1. The van der Waals surface area contributed by atoms with E-state index in [1.165, 1.54) is 8.61 Å². The van der Waals surface area contributed by atoms with E-state index in [9.17, 15) is 8.42 Å². The van der Waals surface area contributed by atoms with Gasteiger partial charge in [0.15, 0.2) is 11.6 Å². The topological polar surface area (TPSA) is 82.1 Å². The fourth-order valence-electron chi connectivity index (χ4n) is 2.83. The third-order valence-corrected chi connectivity index (χ3v) is 6.26. The van der Waals surface area contributed by atoms with Crippen LogP contribution < -0.4 is 9.80 Å². The monoisotopic (exact) mass is 356 g/mol. The number of aromatic nitrogens is 2. The Bertz CT molecular complexity index is 637. The van der Waals surface area contributed by atoms with E-state index in [4.69, 9.17) is 4.74 Å². The minimum Gasteiger partial charge on any atom is -0.378 e. The van der Waals surface area contributed by atoms with Gasteiger partial charge >= 0.3 is 0 Å². The zero-order chi connectivity index (χ0) is 17.2. The van der Waals surface area contributed by atoms with Crippen LogP contribution in [0.5, 0.6) is 0 Å². The van der Waals surface area contributed by atoms with Crippen LogP contribution in [0.2, 0.25) is 0 Å². The molecule has 0 atom stereocenters. The number of hydrogen-bond acceptors (Lipinski definition) is 7. The average molecular weight is 356 g/mol. The molecule has 0 aromatic carbocycles. The quantitative estimate of drug-likeness (QED) is 0.701. The summed E-state index contributed by atoms with van der Waals surface area (Å²) in [5, 5.41) is 8.63. The maximum Gasteiger partial charge on any atom is 0.281 e. The van der Waals surface area contributed by atoms with Crippen LogP contribution in [0.3, 0.4) is 0 Å². The number of piperazine rings is 1. The van der Waals surface area contributed by atoms with Crippen LogP contribution in [0, 0.1) is 0 Å². The predicted molar refractivity (Wildman–Crippen MR) is 91.5 cm³/mol. The molecule has 0 N–H and O–H groups in total. The van der Waals surface area contributed by atoms with E-state index >= 15 is 0 Å². The van der Waals surface area contributed by atoms with E-state index in [-0.39, 0.29) is 0 Å². The summed E-state index contributed by atoms with van der Waals surface area (Å²) in [4.78, 5) is 4.22. The van der Waals surface area contributed by atoms with Crippen molar-refractivity contribution in [3.63, 3.8) is 0 Å². The lowest BCUT2D eigenvalue weighted by Crippen LogP contribution is -2.52.